The monoisotopic (exact) mass is 498 g/mol. The summed E-state index contributed by atoms with van der Waals surface area (Å²) in [5, 5.41) is 9.87. The molecule has 6 rings (SSSR count). The van der Waals surface area contributed by atoms with Crippen molar-refractivity contribution in [3.63, 3.8) is 0 Å². The Bertz CT molecular complexity index is 1250. The Morgan fingerprint density at radius 1 is 1.03 bits per heavy atom. The Hall–Kier alpha value is -3.10. The van der Waals surface area contributed by atoms with Gasteiger partial charge in [0.05, 0.1) is 24.1 Å². The van der Waals surface area contributed by atoms with Crippen LogP contribution in [0.3, 0.4) is 0 Å². The lowest BCUT2D eigenvalue weighted by Gasteiger charge is -2.31. The zero-order valence-corrected chi connectivity index (χ0v) is 21.2. The number of β-amino-alcohol motifs (C(OH)–C–C–N with tert-alkyl or cyclic N) is 1. The molecule has 3 N–H and O–H groups in total. The molecule has 0 spiro atoms. The van der Waals surface area contributed by atoms with Gasteiger partial charge in [0.1, 0.15) is 24.3 Å². The molecule has 3 heterocycles. The zero-order chi connectivity index (χ0) is 25.2. The molecule has 37 heavy (non-hydrogen) atoms. The van der Waals surface area contributed by atoms with Gasteiger partial charge in [-0.1, -0.05) is 36.4 Å². The van der Waals surface area contributed by atoms with E-state index < -0.39 is 0 Å². The van der Waals surface area contributed by atoms with Crippen LogP contribution in [0, 0.1) is 11.8 Å². The van der Waals surface area contributed by atoms with Crippen molar-refractivity contribution in [3.05, 3.63) is 89.5 Å². The van der Waals surface area contributed by atoms with Crippen LogP contribution < -0.4 is 10.6 Å². The number of aliphatic imine (C=N–C) groups is 2. The largest absolute Gasteiger partial charge is 0.489 e. The fraction of sp³-hybridized carbons (Fsp3) is 0.400. The molecule has 1 aliphatic carbocycles. The number of nitrogens with zero attached hydrogens (tertiary/aromatic N) is 4. The van der Waals surface area contributed by atoms with E-state index in [4.69, 9.17) is 15.6 Å². The second-order valence-corrected chi connectivity index (χ2v) is 10.8. The number of fused-ring (bicyclic) bond motifs is 1. The summed E-state index contributed by atoms with van der Waals surface area (Å²) in [6.07, 6.45) is 10.9. The minimum absolute atomic E-state index is 0.0482. The van der Waals surface area contributed by atoms with Crippen molar-refractivity contribution in [2.24, 2.45) is 27.7 Å². The van der Waals surface area contributed by atoms with Crippen molar-refractivity contribution < 1.29 is 14.4 Å². The maximum Gasteiger partial charge on any atom is 0.265 e. The van der Waals surface area contributed by atoms with Gasteiger partial charge in [0.15, 0.2) is 0 Å². The Kier molecular flexibility index (Phi) is 6.78. The molecule has 192 valence electrons. The first-order chi connectivity index (χ1) is 18.1. The smallest absolute Gasteiger partial charge is 0.265 e. The predicted molar refractivity (Wildman–Crippen MR) is 145 cm³/mol. The first-order valence-corrected chi connectivity index (χ1v) is 13.5. The Balaban J connectivity index is 1.19. The van der Waals surface area contributed by atoms with Gasteiger partial charge in [-0.2, -0.15) is 10.8 Å². The first-order valence-electron chi connectivity index (χ1n) is 13.5. The van der Waals surface area contributed by atoms with Crippen molar-refractivity contribution in [2.45, 2.75) is 44.8 Å². The van der Waals surface area contributed by atoms with E-state index in [9.17, 15) is 5.11 Å². The summed E-state index contributed by atoms with van der Waals surface area (Å²) in [7, 11) is 0. The second-order valence-electron chi connectivity index (χ2n) is 10.8. The number of benzene rings is 2. The molecule has 0 amide bonds. The number of quaternary nitrogens is 1. The van der Waals surface area contributed by atoms with Gasteiger partial charge < -0.3 is 14.7 Å². The summed E-state index contributed by atoms with van der Waals surface area (Å²) in [5.74, 6) is 9.68. The minimum atomic E-state index is -0.147. The number of aliphatic hydroxyl groups is 1. The summed E-state index contributed by atoms with van der Waals surface area (Å²) < 4.78 is 6.15. The van der Waals surface area contributed by atoms with Gasteiger partial charge in [-0.25, -0.2) is 0 Å². The molecule has 2 aromatic rings. The summed E-state index contributed by atoms with van der Waals surface area (Å²) in [6, 6.07) is 18.3. The molecule has 2 atom stereocenters. The molecule has 3 aliphatic heterocycles. The highest BCUT2D eigenvalue weighted by Gasteiger charge is 2.46. The molecule has 2 unspecified atom stereocenters. The lowest BCUT2D eigenvalue weighted by atomic mass is 9.80. The van der Waals surface area contributed by atoms with Gasteiger partial charge in [-0.05, 0) is 61.8 Å². The number of hydrogen-bond acceptors (Lipinski definition) is 6. The van der Waals surface area contributed by atoms with Gasteiger partial charge in [0.25, 0.3) is 5.84 Å². The molecule has 1 saturated heterocycles. The molecular formula is C30H36N5O2+. The van der Waals surface area contributed by atoms with Crippen LogP contribution in [0.25, 0.3) is 0 Å². The summed E-state index contributed by atoms with van der Waals surface area (Å²) in [5.41, 5.74) is 4.14. The van der Waals surface area contributed by atoms with E-state index in [0.29, 0.717) is 18.4 Å². The van der Waals surface area contributed by atoms with Crippen LogP contribution in [-0.4, -0.2) is 52.4 Å². The molecule has 2 fully saturated rings. The van der Waals surface area contributed by atoms with E-state index in [1.807, 2.05) is 48.8 Å². The van der Waals surface area contributed by atoms with Crippen LogP contribution in [-0.2, 0) is 6.61 Å². The highest BCUT2D eigenvalue weighted by Crippen LogP contribution is 2.41. The number of nitrogens with two attached hydrogens (primary N) is 1. The van der Waals surface area contributed by atoms with Crippen LogP contribution in [0.2, 0.25) is 0 Å². The van der Waals surface area contributed by atoms with Gasteiger partial charge in [-0.15, -0.1) is 4.59 Å². The number of rotatable bonds is 7. The number of allylic oxidation sites excluding steroid dienone is 2. The van der Waals surface area contributed by atoms with Crippen LogP contribution in [0.4, 0.5) is 0 Å². The fourth-order valence-corrected chi connectivity index (χ4v) is 6.13. The van der Waals surface area contributed by atoms with Crippen LogP contribution in [0.5, 0.6) is 5.75 Å². The molecular weight excluding hydrogens is 462 g/mol. The van der Waals surface area contributed by atoms with Gasteiger partial charge in [0.2, 0.25) is 5.70 Å². The van der Waals surface area contributed by atoms with Gasteiger partial charge in [-0.3, -0.25) is 4.99 Å². The number of likely N-dealkylation sites (tertiary alicyclic amines) is 1. The van der Waals surface area contributed by atoms with Crippen molar-refractivity contribution in [1.29, 1.82) is 0 Å². The highest BCUT2D eigenvalue weighted by molar-refractivity contribution is 6.00. The molecule has 7 nitrogen and oxygen atoms in total. The maximum atomic E-state index is 9.87. The fourth-order valence-electron chi connectivity index (χ4n) is 6.13. The standard InChI is InChI=1S/C30H36N5O2/c31-35-16-14-32-18-28(35)29(24-11-9-22(10-12-24)19-34-15-13-26(36)20-34)33-30(35)25-7-4-8-27(17-25)37-21-23-5-2-1-3-6-23/h1-8,14,16-18,22,24,26,36H,9-13,15,19-21,31H2/q+1. The van der Waals surface area contributed by atoms with Crippen LogP contribution in [0.1, 0.15) is 43.2 Å². The van der Waals surface area contributed by atoms with Crippen molar-refractivity contribution >= 4 is 12.1 Å². The molecule has 0 aromatic heterocycles. The Labute approximate surface area is 218 Å². The Morgan fingerprint density at radius 3 is 2.65 bits per heavy atom. The minimum Gasteiger partial charge on any atom is -0.489 e. The first kappa shape index (κ1) is 24.2. The van der Waals surface area contributed by atoms with Crippen molar-refractivity contribution in [1.82, 2.24) is 4.90 Å². The maximum absolute atomic E-state index is 9.87. The third kappa shape index (κ3) is 5.05. The number of hydrogen-bond donors (Lipinski definition) is 2. The van der Waals surface area contributed by atoms with Crippen molar-refractivity contribution in [2.75, 3.05) is 19.6 Å². The molecule has 4 aliphatic rings. The average Bonchev–Trinajstić information content (AvgIpc) is 3.48. The third-order valence-corrected chi connectivity index (χ3v) is 8.16. The quantitative estimate of drug-likeness (QED) is 0.439. The van der Waals surface area contributed by atoms with E-state index in [2.05, 4.69) is 28.1 Å². The Morgan fingerprint density at radius 2 is 1.86 bits per heavy atom. The molecule has 2 aromatic carbocycles. The van der Waals surface area contributed by atoms with Crippen molar-refractivity contribution in [3.8, 4) is 5.75 Å². The number of amidine groups is 1. The summed E-state index contributed by atoms with van der Waals surface area (Å²) >= 11 is 0. The summed E-state index contributed by atoms with van der Waals surface area (Å²) in [4.78, 5) is 12.0. The average molecular weight is 499 g/mol. The number of aliphatic hydroxyl groups excluding tert-OH is 1. The van der Waals surface area contributed by atoms with Gasteiger partial charge in [0, 0.05) is 25.6 Å². The number of ether oxygens (including phenoxy) is 1. The van der Waals surface area contributed by atoms with Gasteiger partial charge >= 0.3 is 0 Å². The molecule has 0 radical (unpaired) electrons. The highest BCUT2D eigenvalue weighted by atomic mass is 16.5. The molecule has 0 bridgehead atoms. The van der Waals surface area contributed by atoms with Crippen LogP contribution >= 0.6 is 0 Å². The van der Waals surface area contributed by atoms with E-state index in [-0.39, 0.29) is 10.7 Å². The topological polar surface area (TPSA) is 83.4 Å². The van der Waals surface area contributed by atoms with E-state index in [1.165, 1.54) is 12.8 Å². The van der Waals surface area contributed by atoms with E-state index in [1.54, 1.807) is 6.20 Å². The molecule has 7 heteroatoms. The summed E-state index contributed by atoms with van der Waals surface area (Å²) in [6.45, 7) is 3.46. The van der Waals surface area contributed by atoms with E-state index >= 15 is 0 Å². The predicted octanol–water partition coefficient (Wildman–Crippen LogP) is 4.36. The van der Waals surface area contributed by atoms with Crippen LogP contribution in [0.15, 0.2) is 88.4 Å². The normalized spacial score (nSPS) is 29.5. The second kappa shape index (κ2) is 10.3. The third-order valence-electron chi connectivity index (χ3n) is 8.16. The lowest BCUT2D eigenvalue weighted by Crippen LogP contribution is -2.53. The zero-order valence-electron chi connectivity index (χ0n) is 21.2. The lowest BCUT2D eigenvalue weighted by molar-refractivity contribution is -0.750. The van der Waals surface area contributed by atoms with E-state index in [0.717, 1.165) is 73.0 Å². The SMILES string of the molecule is N[N+]12C=CN=CC1=C(C1CCC(CN3CCC(O)C3)CC1)N=C2c1cccc(OCc2ccccc2)c1. The molecule has 1 saturated carbocycles.